The van der Waals surface area contributed by atoms with E-state index in [9.17, 15) is 0 Å². The smallest absolute Gasteiger partial charge is 0.148 e. The highest BCUT2D eigenvalue weighted by Gasteiger charge is 2.26. The number of rotatable bonds is 3. The summed E-state index contributed by atoms with van der Waals surface area (Å²) in [5.41, 5.74) is 0.864. The molecule has 1 fully saturated rings. The molecule has 1 aliphatic rings. The van der Waals surface area contributed by atoms with Crippen LogP contribution in [0.3, 0.4) is 0 Å². The molecule has 1 aromatic heterocycles. The molecule has 112 valence electrons. The van der Waals surface area contributed by atoms with Crippen LogP contribution in [0.25, 0.3) is 0 Å². The molecule has 1 aromatic rings. The Labute approximate surface area is 138 Å². The molecule has 7 heteroatoms. The molecule has 0 aromatic carbocycles. The normalized spacial score (nSPS) is 21.9. The molecular formula is C13H20ClIN4O. The van der Waals surface area contributed by atoms with Crippen LogP contribution < -0.4 is 0 Å². The Bertz CT molecular complexity index is 474. The lowest BCUT2D eigenvalue weighted by Gasteiger charge is -2.26. The van der Waals surface area contributed by atoms with Crippen LogP contribution in [-0.4, -0.2) is 60.6 Å². The standard InChI is InChI=1S/C13H20ClIN4O/c1-18-5-4-6-19(2)10(7-18)13-16-9(8-20-3)11(15)12(14)17-13/h10H,4-8H2,1-3H3. The van der Waals surface area contributed by atoms with E-state index in [1.807, 2.05) is 0 Å². The van der Waals surface area contributed by atoms with Gasteiger partial charge in [-0.05, 0) is 56.2 Å². The lowest BCUT2D eigenvalue weighted by atomic mass is 10.2. The number of hydrogen-bond acceptors (Lipinski definition) is 5. The van der Waals surface area contributed by atoms with Crippen molar-refractivity contribution in [2.45, 2.75) is 19.1 Å². The fourth-order valence-corrected chi connectivity index (χ4v) is 3.01. The summed E-state index contributed by atoms with van der Waals surface area (Å²) in [6.45, 7) is 3.52. The zero-order chi connectivity index (χ0) is 14.7. The van der Waals surface area contributed by atoms with Gasteiger partial charge in [-0.15, -0.1) is 0 Å². The van der Waals surface area contributed by atoms with Crippen molar-refractivity contribution in [3.63, 3.8) is 0 Å². The van der Waals surface area contributed by atoms with Crippen molar-refractivity contribution in [3.05, 3.63) is 20.2 Å². The number of methoxy groups -OCH3 is 1. The van der Waals surface area contributed by atoms with Crippen molar-refractivity contribution in [1.82, 2.24) is 19.8 Å². The van der Waals surface area contributed by atoms with Gasteiger partial charge in [0.25, 0.3) is 0 Å². The first-order chi connectivity index (χ1) is 9.52. The molecule has 2 rings (SSSR count). The van der Waals surface area contributed by atoms with E-state index in [0.717, 1.165) is 41.1 Å². The van der Waals surface area contributed by atoms with Gasteiger partial charge in [0, 0.05) is 13.7 Å². The van der Waals surface area contributed by atoms with E-state index in [1.165, 1.54) is 0 Å². The summed E-state index contributed by atoms with van der Waals surface area (Å²) >= 11 is 8.42. The molecule has 0 spiro atoms. The van der Waals surface area contributed by atoms with Crippen molar-refractivity contribution in [2.24, 2.45) is 0 Å². The number of nitrogens with zero attached hydrogens (tertiary/aromatic N) is 4. The average molecular weight is 411 g/mol. The van der Waals surface area contributed by atoms with Gasteiger partial charge in [-0.25, -0.2) is 9.97 Å². The molecule has 0 saturated carbocycles. The van der Waals surface area contributed by atoms with E-state index in [1.54, 1.807) is 7.11 Å². The Morgan fingerprint density at radius 2 is 2.10 bits per heavy atom. The summed E-state index contributed by atoms with van der Waals surface area (Å²) in [7, 11) is 5.92. The van der Waals surface area contributed by atoms with E-state index in [0.29, 0.717) is 11.8 Å². The number of hydrogen-bond donors (Lipinski definition) is 0. The number of likely N-dealkylation sites (N-methyl/N-ethyl adjacent to an activating group) is 2. The van der Waals surface area contributed by atoms with Gasteiger partial charge in [0.05, 0.1) is 21.9 Å². The Kier molecular flexibility index (Phi) is 5.97. The van der Waals surface area contributed by atoms with Crippen LogP contribution in [0.2, 0.25) is 5.15 Å². The fourth-order valence-electron chi connectivity index (χ4n) is 2.41. The van der Waals surface area contributed by atoms with Crippen LogP contribution in [0.4, 0.5) is 0 Å². The Morgan fingerprint density at radius 1 is 1.35 bits per heavy atom. The van der Waals surface area contributed by atoms with Crippen molar-refractivity contribution >= 4 is 34.2 Å². The number of ether oxygens (including phenoxy) is 1. The summed E-state index contributed by atoms with van der Waals surface area (Å²) in [6.07, 6.45) is 1.16. The Balaban J connectivity index is 2.34. The van der Waals surface area contributed by atoms with Crippen LogP contribution in [0, 0.1) is 3.57 Å². The minimum absolute atomic E-state index is 0.174. The Hall–Kier alpha value is -0.0200. The first-order valence-corrected chi connectivity index (χ1v) is 8.08. The van der Waals surface area contributed by atoms with E-state index in [4.69, 9.17) is 16.3 Å². The SMILES string of the molecule is COCc1nc(C2CN(C)CCCN2C)nc(Cl)c1I. The quantitative estimate of drug-likeness (QED) is 0.564. The van der Waals surface area contributed by atoms with Gasteiger partial charge in [0.2, 0.25) is 0 Å². The third-order valence-corrected chi connectivity index (χ3v) is 5.27. The van der Waals surface area contributed by atoms with Crippen LogP contribution in [0.15, 0.2) is 0 Å². The maximum Gasteiger partial charge on any atom is 0.148 e. The molecule has 2 heterocycles. The van der Waals surface area contributed by atoms with Crippen LogP contribution in [-0.2, 0) is 11.3 Å². The second kappa shape index (κ2) is 7.31. The fraction of sp³-hybridized carbons (Fsp3) is 0.692. The van der Waals surface area contributed by atoms with Gasteiger partial charge >= 0.3 is 0 Å². The zero-order valence-corrected chi connectivity index (χ0v) is 15.0. The molecule has 1 saturated heterocycles. The summed E-state index contributed by atoms with van der Waals surface area (Å²) in [5, 5.41) is 0.517. The molecular weight excluding hydrogens is 391 g/mol. The molecule has 20 heavy (non-hydrogen) atoms. The molecule has 1 atom stereocenters. The summed E-state index contributed by atoms with van der Waals surface area (Å²) in [5.74, 6) is 0.790. The Morgan fingerprint density at radius 3 is 2.80 bits per heavy atom. The van der Waals surface area contributed by atoms with Crippen molar-refractivity contribution in [2.75, 3.05) is 40.8 Å². The van der Waals surface area contributed by atoms with Gasteiger partial charge in [0.1, 0.15) is 11.0 Å². The number of aromatic nitrogens is 2. The van der Waals surface area contributed by atoms with E-state index in [2.05, 4.69) is 56.5 Å². The van der Waals surface area contributed by atoms with Crippen LogP contribution in [0.5, 0.6) is 0 Å². The van der Waals surface area contributed by atoms with Gasteiger partial charge in [-0.3, -0.25) is 4.90 Å². The molecule has 0 radical (unpaired) electrons. The third-order valence-electron chi connectivity index (χ3n) is 3.54. The molecule has 0 bridgehead atoms. The predicted molar refractivity (Wildman–Crippen MR) is 88.0 cm³/mol. The molecule has 0 amide bonds. The molecule has 5 nitrogen and oxygen atoms in total. The third kappa shape index (κ3) is 3.79. The van der Waals surface area contributed by atoms with E-state index in [-0.39, 0.29) is 6.04 Å². The summed E-state index contributed by atoms with van der Waals surface area (Å²) in [4.78, 5) is 13.8. The molecule has 1 aliphatic heterocycles. The van der Waals surface area contributed by atoms with E-state index < -0.39 is 0 Å². The first kappa shape index (κ1) is 16.4. The molecule has 0 aliphatic carbocycles. The predicted octanol–water partition coefficient (Wildman–Crippen LogP) is 2.19. The highest BCUT2D eigenvalue weighted by Crippen LogP contribution is 2.25. The first-order valence-electron chi connectivity index (χ1n) is 6.62. The maximum absolute atomic E-state index is 6.25. The second-order valence-corrected chi connectivity index (χ2v) is 6.62. The van der Waals surface area contributed by atoms with Crippen LogP contribution in [0.1, 0.15) is 24.0 Å². The van der Waals surface area contributed by atoms with Gasteiger partial charge in [0.15, 0.2) is 0 Å². The highest BCUT2D eigenvalue weighted by atomic mass is 127. The summed E-state index contributed by atoms with van der Waals surface area (Å²) < 4.78 is 6.08. The van der Waals surface area contributed by atoms with Crippen molar-refractivity contribution < 1.29 is 4.74 Å². The van der Waals surface area contributed by atoms with E-state index >= 15 is 0 Å². The topological polar surface area (TPSA) is 41.5 Å². The lowest BCUT2D eigenvalue weighted by molar-refractivity contribution is 0.178. The summed E-state index contributed by atoms with van der Waals surface area (Å²) in [6, 6.07) is 0.174. The van der Waals surface area contributed by atoms with Gasteiger partial charge in [-0.2, -0.15) is 0 Å². The average Bonchev–Trinajstić information content (AvgIpc) is 2.57. The maximum atomic E-state index is 6.25. The minimum Gasteiger partial charge on any atom is -0.378 e. The van der Waals surface area contributed by atoms with Crippen molar-refractivity contribution in [1.29, 1.82) is 0 Å². The van der Waals surface area contributed by atoms with Crippen LogP contribution >= 0.6 is 34.2 Å². The zero-order valence-electron chi connectivity index (χ0n) is 12.1. The van der Waals surface area contributed by atoms with Crippen molar-refractivity contribution in [3.8, 4) is 0 Å². The largest absolute Gasteiger partial charge is 0.378 e. The molecule has 0 N–H and O–H groups in total. The molecule has 1 unspecified atom stereocenters. The van der Waals surface area contributed by atoms with Gasteiger partial charge < -0.3 is 9.64 Å². The lowest BCUT2D eigenvalue weighted by Crippen LogP contribution is -2.32. The minimum atomic E-state index is 0.174. The van der Waals surface area contributed by atoms with Gasteiger partial charge in [-0.1, -0.05) is 11.6 Å². The highest BCUT2D eigenvalue weighted by molar-refractivity contribution is 14.1. The number of halogens is 2. The second-order valence-electron chi connectivity index (χ2n) is 5.18. The monoisotopic (exact) mass is 410 g/mol.